The maximum atomic E-state index is 13.1. The van der Waals surface area contributed by atoms with Gasteiger partial charge in [-0.15, -0.1) is 11.3 Å². The predicted octanol–water partition coefficient (Wildman–Crippen LogP) is 4.96. The number of para-hydroxylation sites is 1. The Morgan fingerprint density at radius 1 is 1.07 bits per heavy atom. The molecule has 2 heterocycles. The molecular weight excluding hydrogens is 399 g/mol. The highest BCUT2D eigenvalue weighted by Gasteiger charge is 2.23. The van der Waals surface area contributed by atoms with Gasteiger partial charge < -0.3 is 15.1 Å². The van der Waals surface area contributed by atoms with Crippen molar-refractivity contribution < 1.29 is 9.18 Å². The Balaban J connectivity index is 1.36. The molecule has 0 spiro atoms. The molecule has 3 aromatic rings. The minimum Gasteiger partial charge on any atom is -0.345 e. The van der Waals surface area contributed by atoms with E-state index in [-0.39, 0.29) is 11.8 Å². The molecule has 28 heavy (non-hydrogen) atoms. The van der Waals surface area contributed by atoms with Gasteiger partial charge in [0.2, 0.25) is 0 Å². The quantitative estimate of drug-likeness (QED) is 0.656. The van der Waals surface area contributed by atoms with E-state index >= 15 is 0 Å². The van der Waals surface area contributed by atoms with Gasteiger partial charge in [0.05, 0.1) is 16.4 Å². The molecule has 0 saturated carbocycles. The van der Waals surface area contributed by atoms with Crippen molar-refractivity contribution >= 4 is 39.8 Å². The molecule has 0 radical (unpaired) electrons. The van der Waals surface area contributed by atoms with Crippen LogP contribution in [0.25, 0.3) is 11.3 Å². The van der Waals surface area contributed by atoms with Gasteiger partial charge in [-0.3, -0.25) is 0 Å². The molecule has 0 unspecified atom stereocenters. The second kappa shape index (κ2) is 8.16. The summed E-state index contributed by atoms with van der Waals surface area (Å²) in [6.45, 7) is 2.60. The average Bonchev–Trinajstić information content (AvgIpc) is 3.20. The summed E-state index contributed by atoms with van der Waals surface area (Å²) < 4.78 is 13.1. The zero-order valence-corrected chi connectivity index (χ0v) is 16.5. The number of carbonyl (C=O) groups is 1. The molecule has 4 rings (SSSR count). The van der Waals surface area contributed by atoms with Crippen LogP contribution in [0.1, 0.15) is 0 Å². The standard InChI is InChI=1S/C20H18ClFN4OS/c21-16-3-1-2-4-17(16)23-19(27)25-9-11-26(12-10-25)20-24-18(13-28-20)14-5-7-15(22)8-6-14/h1-8,13H,9-12H2,(H,23,27). The molecule has 1 aromatic heterocycles. The Labute approximate surface area is 171 Å². The van der Waals surface area contributed by atoms with Crippen molar-refractivity contribution in [3.8, 4) is 11.3 Å². The number of aromatic nitrogens is 1. The number of piperazine rings is 1. The summed E-state index contributed by atoms with van der Waals surface area (Å²) in [6, 6.07) is 13.4. The monoisotopic (exact) mass is 416 g/mol. The summed E-state index contributed by atoms with van der Waals surface area (Å²) in [5.74, 6) is -0.259. The first-order valence-electron chi connectivity index (χ1n) is 8.87. The maximum Gasteiger partial charge on any atom is 0.322 e. The minimum atomic E-state index is -0.259. The van der Waals surface area contributed by atoms with E-state index in [0.717, 1.165) is 16.4 Å². The van der Waals surface area contributed by atoms with Gasteiger partial charge in [-0.05, 0) is 36.4 Å². The van der Waals surface area contributed by atoms with Crippen LogP contribution in [-0.4, -0.2) is 42.1 Å². The Morgan fingerprint density at radius 2 is 1.79 bits per heavy atom. The van der Waals surface area contributed by atoms with E-state index < -0.39 is 0 Å². The molecule has 8 heteroatoms. The van der Waals surface area contributed by atoms with E-state index in [1.165, 1.54) is 12.1 Å². The molecule has 1 aliphatic rings. The largest absolute Gasteiger partial charge is 0.345 e. The zero-order chi connectivity index (χ0) is 19.5. The van der Waals surface area contributed by atoms with Gasteiger partial charge in [0.15, 0.2) is 5.13 Å². The highest BCUT2D eigenvalue weighted by Crippen LogP contribution is 2.28. The van der Waals surface area contributed by atoms with Crippen molar-refractivity contribution in [1.29, 1.82) is 0 Å². The molecule has 0 bridgehead atoms. The normalized spacial score (nSPS) is 14.2. The number of amides is 2. The van der Waals surface area contributed by atoms with E-state index in [4.69, 9.17) is 11.6 Å². The van der Waals surface area contributed by atoms with Gasteiger partial charge >= 0.3 is 6.03 Å². The molecule has 1 saturated heterocycles. The van der Waals surface area contributed by atoms with Gasteiger partial charge in [0.25, 0.3) is 0 Å². The maximum absolute atomic E-state index is 13.1. The zero-order valence-electron chi connectivity index (χ0n) is 14.9. The molecule has 1 aliphatic heterocycles. The summed E-state index contributed by atoms with van der Waals surface area (Å²) in [6.07, 6.45) is 0. The molecular formula is C20H18ClFN4OS. The van der Waals surface area contributed by atoms with Crippen molar-refractivity contribution in [2.45, 2.75) is 0 Å². The average molecular weight is 417 g/mol. The van der Waals surface area contributed by atoms with Crippen molar-refractivity contribution in [3.05, 3.63) is 64.8 Å². The molecule has 0 atom stereocenters. The molecule has 0 aliphatic carbocycles. The number of anilines is 2. The molecule has 5 nitrogen and oxygen atoms in total. The smallest absolute Gasteiger partial charge is 0.322 e. The number of nitrogens with zero attached hydrogens (tertiary/aromatic N) is 3. The third-order valence-electron chi connectivity index (χ3n) is 4.58. The summed E-state index contributed by atoms with van der Waals surface area (Å²) in [5.41, 5.74) is 2.33. The van der Waals surface area contributed by atoms with Crippen LogP contribution in [0.3, 0.4) is 0 Å². The number of benzene rings is 2. The Hall–Kier alpha value is -2.64. The number of halogens is 2. The van der Waals surface area contributed by atoms with E-state index in [2.05, 4.69) is 15.2 Å². The molecule has 144 valence electrons. The van der Waals surface area contributed by atoms with Crippen LogP contribution >= 0.6 is 22.9 Å². The molecule has 2 amide bonds. The first kappa shape index (κ1) is 18.7. The number of rotatable bonds is 3. The lowest BCUT2D eigenvalue weighted by Crippen LogP contribution is -2.50. The van der Waals surface area contributed by atoms with Crippen LogP contribution in [-0.2, 0) is 0 Å². The second-order valence-corrected chi connectivity index (χ2v) is 7.65. The van der Waals surface area contributed by atoms with Crippen molar-refractivity contribution in [3.63, 3.8) is 0 Å². The van der Waals surface area contributed by atoms with Gasteiger partial charge in [0, 0.05) is 37.1 Å². The Bertz CT molecular complexity index is 970. The lowest BCUT2D eigenvalue weighted by atomic mass is 10.2. The lowest BCUT2D eigenvalue weighted by Gasteiger charge is -2.34. The van der Waals surface area contributed by atoms with E-state index in [9.17, 15) is 9.18 Å². The molecule has 2 aromatic carbocycles. The van der Waals surface area contributed by atoms with Gasteiger partial charge in [-0.2, -0.15) is 0 Å². The van der Waals surface area contributed by atoms with E-state index in [0.29, 0.717) is 36.9 Å². The topological polar surface area (TPSA) is 48.5 Å². The number of hydrogen-bond acceptors (Lipinski definition) is 4. The van der Waals surface area contributed by atoms with Crippen molar-refractivity contribution in [2.75, 3.05) is 36.4 Å². The van der Waals surface area contributed by atoms with E-state index in [1.807, 2.05) is 17.5 Å². The summed E-state index contributed by atoms with van der Waals surface area (Å²) >= 11 is 7.66. The molecule has 1 N–H and O–H groups in total. The lowest BCUT2D eigenvalue weighted by molar-refractivity contribution is 0.208. The van der Waals surface area contributed by atoms with Crippen LogP contribution in [0.2, 0.25) is 5.02 Å². The number of nitrogens with one attached hydrogen (secondary N) is 1. The summed E-state index contributed by atoms with van der Waals surface area (Å²) in [5, 5.41) is 6.26. The molecule has 1 fully saturated rings. The highest BCUT2D eigenvalue weighted by molar-refractivity contribution is 7.14. The number of hydrogen-bond donors (Lipinski definition) is 1. The van der Waals surface area contributed by atoms with Gasteiger partial charge in [0.1, 0.15) is 5.82 Å². The fraction of sp³-hybridized carbons (Fsp3) is 0.200. The van der Waals surface area contributed by atoms with Crippen molar-refractivity contribution in [1.82, 2.24) is 9.88 Å². The number of carbonyl (C=O) groups excluding carboxylic acids is 1. The Kier molecular flexibility index (Phi) is 5.45. The van der Waals surface area contributed by atoms with Gasteiger partial charge in [-0.1, -0.05) is 23.7 Å². The SMILES string of the molecule is O=C(Nc1ccccc1Cl)N1CCN(c2nc(-c3ccc(F)cc3)cs2)CC1. The minimum absolute atomic E-state index is 0.154. The first-order chi connectivity index (χ1) is 13.6. The number of urea groups is 1. The van der Waals surface area contributed by atoms with Crippen LogP contribution in [0.5, 0.6) is 0 Å². The van der Waals surface area contributed by atoms with Crippen molar-refractivity contribution in [2.24, 2.45) is 0 Å². The third kappa shape index (κ3) is 4.10. The van der Waals surface area contributed by atoms with Crippen LogP contribution in [0.15, 0.2) is 53.9 Å². The van der Waals surface area contributed by atoms with Crippen LogP contribution in [0.4, 0.5) is 20.0 Å². The fourth-order valence-electron chi connectivity index (χ4n) is 3.02. The fourth-order valence-corrected chi connectivity index (χ4v) is 4.09. The highest BCUT2D eigenvalue weighted by atomic mass is 35.5. The summed E-state index contributed by atoms with van der Waals surface area (Å²) in [4.78, 5) is 21.1. The van der Waals surface area contributed by atoms with Gasteiger partial charge in [-0.25, -0.2) is 14.2 Å². The third-order valence-corrected chi connectivity index (χ3v) is 5.82. The first-order valence-corrected chi connectivity index (χ1v) is 10.1. The van der Waals surface area contributed by atoms with E-state index in [1.54, 1.807) is 40.5 Å². The Morgan fingerprint density at radius 3 is 2.50 bits per heavy atom. The number of thiazole rings is 1. The van der Waals surface area contributed by atoms with Crippen LogP contribution in [0, 0.1) is 5.82 Å². The summed E-state index contributed by atoms with van der Waals surface area (Å²) in [7, 11) is 0. The van der Waals surface area contributed by atoms with Crippen LogP contribution < -0.4 is 10.2 Å². The predicted molar refractivity (Wildman–Crippen MR) is 112 cm³/mol. The second-order valence-electron chi connectivity index (χ2n) is 6.41.